The van der Waals surface area contributed by atoms with Crippen LogP contribution in [0, 0.1) is 11.8 Å². The molecule has 0 aromatic heterocycles. The van der Waals surface area contributed by atoms with E-state index in [2.05, 4.69) is 19.2 Å². The average molecular weight is 394 g/mol. The summed E-state index contributed by atoms with van der Waals surface area (Å²) in [6, 6.07) is 6.90. The molecule has 1 spiro atoms. The summed E-state index contributed by atoms with van der Waals surface area (Å²) in [5.74, 6) is 0.965. The fraction of sp³-hybridized carbons (Fsp3) is 0.600. The molecule has 1 aliphatic carbocycles. The summed E-state index contributed by atoms with van der Waals surface area (Å²) in [5.41, 5.74) is -0.740. The maximum Gasteiger partial charge on any atom is 0.326 e. The van der Waals surface area contributed by atoms with Gasteiger partial charge in [0, 0.05) is 11.6 Å². The molecule has 1 N–H and O–H groups in total. The molecule has 2 fully saturated rings. The van der Waals surface area contributed by atoms with Gasteiger partial charge in [0.1, 0.15) is 17.9 Å². The predicted molar refractivity (Wildman–Crippen MR) is 105 cm³/mol. The van der Waals surface area contributed by atoms with Crippen molar-refractivity contribution < 1.29 is 14.3 Å². The second-order valence-electron chi connectivity index (χ2n) is 7.79. The van der Waals surface area contributed by atoms with Gasteiger partial charge in [-0.25, -0.2) is 9.69 Å². The van der Waals surface area contributed by atoms with E-state index in [1.165, 1.54) is 4.90 Å². The molecule has 3 rings (SSSR count). The van der Waals surface area contributed by atoms with Crippen LogP contribution >= 0.6 is 11.6 Å². The van der Waals surface area contributed by atoms with Crippen molar-refractivity contribution in [1.82, 2.24) is 15.1 Å². The molecule has 148 valence electrons. The number of hydrogen-bond acceptors (Lipinski definition) is 4. The summed E-state index contributed by atoms with van der Waals surface area (Å²) in [7, 11) is 1.88. The molecule has 1 saturated carbocycles. The maximum atomic E-state index is 13.1. The van der Waals surface area contributed by atoms with E-state index in [1.54, 1.807) is 12.1 Å². The molecular weight excluding hydrogens is 366 g/mol. The van der Waals surface area contributed by atoms with Crippen molar-refractivity contribution in [2.24, 2.45) is 11.8 Å². The molecule has 1 aromatic carbocycles. The number of ether oxygens (including phenoxy) is 1. The van der Waals surface area contributed by atoms with Crippen LogP contribution in [0.2, 0.25) is 5.02 Å². The largest absolute Gasteiger partial charge is 0.492 e. The highest BCUT2D eigenvalue weighted by Gasteiger charge is 2.58. The fourth-order valence-electron chi connectivity index (χ4n) is 4.24. The normalized spacial score (nSPS) is 28.1. The average Bonchev–Trinajstić information content (AvgIpc) is 2.87. The van der Waals surface area contributed by atoms with Crippen molar-refractivity contribution in [3.63, 3.8) is 0 Å². The summed E-state index contributed by atoms with van der Waals surface area (Å²) in [6.45, 7) is 5.45. The monoisotopic (exact) mass is 393 g/mol. The van der Waals surface area contributed by atoms with E-state index in [1.807, 2.05) is 24.1 Å². The Hall–Kier alpha value is -1.79. The number of likely N-dealkylation sites (N-methyl/N-ethyl adjacent to an activating group) is 1. The fourth-order valence-corrected chi connectivity index (χ4v) is 4.37. The number of urea groups is 1. The van der Waals surface area contributed by atoms with E-state index in [0.29, 0.717) is 18.2 Å². The Balaban J connectivity index is 1.56. The highest BCUT2D eigenvalue weighted by atomic mass is 35.5. The minimum absolute atomic E-state index is 0.0855. The first-order valence-electron chi connectivity index (χ1n) is 9.55. The quantitative estimate of drug-likeness (QED) is 0.753. The highest BCUT2D eigenvalue weighted by molar-refractivity contribution is 6.30. The Morgan fingerprint density at radius 1 is 1.22 bits per heavy atom. The van der Waals surface area contributed by atoms with Gasteiger partial charge in [-0.1, -0.05) is 31.9 Å². The van der Waals surface area contributed by atoms with Gasteiger partial charge in [0.25, 0.3) is 5.91 Å². The molecule has 3 amide bonds. The highest BCUT2D eigenvalue weighted by Crippen LogP contribution is 2.42. The molecule has 0 radical (unpaired) electrons. The first kappa shape index (κ1) is 20.0. The Kier molecular flexibility index (Phi) is 5.96. The SMILES string of the molecule is CC1CCCC(C)C12NC(=O)N(CN(C)CCOc1ccc(Cl)cc1)C2=O. The van der Waals surface area contributed by atoms with Crippen molar-refractivity contribution in [3.05, 3.63) is 29.3 Å². The number of hydrogen-bond donors (Lipinski definition) is 1. The van der Waals surface area contributed by atoms with Crippen molar-refractivity contribution >= 4 is 23.5 Å². The third-order valence-electron chi connectivity index (χ3n) is 5.93. The van der Waals surface area contributed by atoms with Crippen LogP contribution in [0.25, 0.3) is 0 Å². The zero-order valence-corrected chi connectivity index (χ0v) is 17.0. The van der Waals surface area contributed by atoms with Gasteiger partial charge in [0.2, 0.25) is 0 Å². The molecule has 0 bridgehead atoms. The lowest BCUT2D eigenvalue weighted by atomic mass is 9.67. The minimum Gasteiger partial charge on any atom is -0.492 e. The summed E-state index contributed by atoms with van der Waals surface area (Å²) in [5, 5.41) is 3.69. The van der Waals surface area contributed by atoms with Crippen LogP contribution in [0.4, 0.5) is 4.79 Å². The van der Waals surface area contributed by atoms with Crippen LogP contribution in [-0.2, 0) is 4.79 Å². The molecule has 2 atom stereocenters. The Bertz CT molecular complexity index is 684. The summed E-state index contributed by atoms with van der Waals surface area (Å²) < 4.78 is 5.69. The van der Waals surface area contributed by atoms with Crippen molar-refractivity contribution in [2.45, 2.75) is 38.6 Å². The van der Waals surface area contributed by atoms with Gasteiger partial charge < -0.3 is 10.1 Å². The standard InChI is InChI=1S/C20H28ClN3O3/c1-14-5-4-6-15(2)20(14)18(25)24(19(26)22-20)13-23(3)11-12-27-17-9-7-16(21)8-10-17/h7-10,14-15H,4-6,11-13H2,1-3H3,(H,22,26). The molecule has 2 aliphatic rings. The number of nitrogens with one attached hydrogen (secondary N) is 1. The molecule has 1 aromatic rings. The van der Waals surface area contributed by atoms with E-state index < -0.39 is 5.54 Å². The first-order chi connectivity index (χ1) is 12.8. The summed E-state index contributed by atoms with van der Waals surface area (Å²) in [4.78, 5) is 29.0. The van der Waals surface area contributed by atoms with Gasteiger partial charge in [-0.2, -0.15) is 0 Å². The Labute approximate surface area is 165 Å². The number of halogens is 1. The number of carbonyl (C=O) groups excluding carboxylic acids is 2. The smallest absolute Gasteiger partial charge is 0.326 e. The number of imide groups is 1. The van der Waals surface area contributed by atoms with Crippen LogP contribution in [0.3, 0.4) is 0 Å². The molecule has 1 aliphatic heterocycles. The second-order valence-corrected chi connectivity index (χ2v) is 8.23. The first-order valence-corrected chi connectivity index (χ1v) is 9.93. The van der Waals surface area contributed by atoms with Crippen LogP contribution in [0.5, 0.6) is 5.75 Å². The van der Waals surface area contributed by atoms with Gasteiger partial charge in [-0.3, -0.25) is 9.69 Å². The lowest BCUT2D eigenvalue weighted by Gasteiger charge is -2.42. The lowest BCUT2D eigenvalue weighted by molar-refractivity contribution is -0.137. The Morgan fingerprint density at radius 2 is 1.85 bits per heavy atom. The maximum absolute atomic E-state index is 13.1. The lowest BCUT2D eigenvalue weighted by Crippen LogP contribution is -2.59. The van der Waals surface area contributed by atoms with E-state index in [0.717, 1.165) is 25.0 Å². The number of rotatable bonds is 6. The molecule has 2 unspecified atom stereocenters. The van der Waals surface area contributed by atoms with Crippen LogP contribution in [0.1, 0.15) is 33.1 Å². The van der Waals surface area contributed by atoms with E-state index in [9.17, 15) is 9.59 Å². The number of carbonyl (C=O) groups is 2. The van der Waals surface area contributed by atoms with E-state index in [-0.39, 0.29) is 30.4 Å². The number of amides is 3. The molecule has 7 heteroatoms. The van der Waals surface area contributed by atoms with Crippen molar-refractivity contribution in [3.8, 4) is 5.75 Å². The molecular formula is C20H28ClN3O3. The summed E-state index contributed by atoms with van der Waals surface area (Å²) >= 11 is 5.86. The molecule has 27 heavy (non-hydrogen) atoms. The third kappa shape index (κ3) is 3.92. The van der Waals surface area contributed by atoms with Crippen LogP contribution in [0.15, 0.2) is 24.3 Å². The van der Waals surface area contributed by atoms with Crippen molar-refractivity contribution in [2.75, 3.05) is 26.9 Å². The van der Waals surface area contributed by atoms with Crippen molar-refractivity contribution in [1.29, 1.82) is 0 Å². The topological polar surface area (TPSA) is 61.9 Å². The predicted octanol–water partition coefficient (Wildman–Crippen LogP) is 3.35. The second kappa shape index (κ2) is 8.07. The van der Waals surface area contributed by atoms with Gasteiger partial charge >= 0.3 is 6.03 Å². The van der Waals surface area contributed by atoms with E-state index in [4.69, 9.17) is 16.3 Å². The molecule has 6 nitrogen and oxygen atoms in total. The zero-order valence-electron chi connectivity index (χ0n) is 16.2. The van der Waals surface area contributed by atoms with Crippen LogP contribution < -0.4 is 10.1 Å². The molecule has 1 saturated heterocycles. The Morgan fingerprint density at radius 3 is 2.48 bits per heavy atom. The van der Waals surface area contributed by atoms with Gasteiger partial charge in [-0.05, 0) is 56.0 Å². The molecule has 1 heterocycles. The van der Waals surface area contributed by atoms with Crippen LogP contribution in [-0.4, -0.2) is 54.1 Å². The number of benzene rings is 1. The van der Waals surface area contributed by atoms with Gasteiger partial charge in [-0.15, -0.1) is 0 Å². The van der Waals surface area contributed by atoms with Gasteiger partial charge in [0.05, 0.1) is 6.67 Å². The summed E-state index contributed by atoms with van der Waals surface area (Å²) in [6.07, 6.45) is 3.04. The minimum atomic E-state index is -0.740. The van der Waals surface area contributed by atoms with Gasteiger partial charge in [0.15, 0.2) is 0 Å². The van der Waals surface area contributed by atoms with E-state index >= 15 is 0 Å². The number of nitrogens with zero attached hydrogens (tertiary/aromatic N) is 2. The zero-order chi connectivity index (χ0) is 19.6. The third-order valence-corrected chi connectivity index (χ3v) is 6.18.